The van der Waals surface area contributed by atoms with Crippen LogP contribution in [0.5, 0.6) is 0 Å². The lowest BCUT2D eigenvalue weighted by atomic mass is 9.79. The highest BCUT2D eigenvalue weighted by Gasteiger charge is 2.36. The van der Waals surface area contributed by atoms with Gasteiger partial charge in [0, 0.05) is 25.2 Å². The zero-order chi connectivity index (χ0) is 14.1. The van der Waals surface area contributed by atoms with E-state index in [4.69, 9.17) is 0 Å². The molecule has 0 unspecified atom stereocenters. The molecular formula is C17H20N2O. The summed E-state index contributed by atoms with van der Waals surface area (Å²) in [6, 6.07) is 14.1. The van der Waals surface area contributed by atoms with Gasteiger partial charge in [0.25, 0.3) is 0 Å². The van der Waals surface area contributed by atoms with Crippen LogP contribution in [0.4, 0.5) is 0 Å². The van der Waals surface area contributed by atoms with Gasteiger partial charge in [0.1, 0.15) is 0 Å². The van der Waals surface area contributed by atoms with E-state index in [0.717, 1.165) is 24.3 Å². The van der Waals surface area contributed by atoms with E-state index in [1.54, 1.807) is 0 Å². The van der Waals surface area contributed by atoms with Gasteiger partial charge in [0.05, 0.1) is 11.6 Å². The van der Waals surface area contributed by atoms with Gasteiger partial charge in [-0.15, -0.1) is 0 Å². The number of hydrogen-bond donors (Lipinski definition) is 0. The van der Waals surface area contributed by atoms with Crippen molar-refractivity contribution in [1.82, 2.24) is 9.47 Å². The van der Waals surface area contributed by atoms with E-state index < -0.39 is 0 Å². The Morgan fingerprint density at radius 3 is 2.60 bits per heavy atom. The van der Waals surface area contributed by atoms with Gasteiger partial charge in [-0.1, -0.05) is 30.3 Å². The Morgan fingerprint density at radius 1 is 1.15 bits per heavy atom. The molecule has 0 amide bonds. The third-order valence-electron chi connectivity index (χ3n) is 4.03. The standard InChI is InChI=1S/C17H20N2O/c1-18(2)11-14-12-19-10-6-9-15(19)17(20)16(14)13-7-4-3-5-8-13/h3-10,14,16H,11-12H2,1-2H3/t14-,16+/m0/s1. The topological polar surface area (TPSA) is 25.2 Å². The van der Waals surface area contributed by atoms with Gasteiger partial charge < -0.3 is 9.47 Å². The Balaban J connectivity index is 2.01. The molecule has 3 rings (SSSR count). The molecule has 0 saturated carbocycles. The van der Waals surface area contributed by atoms with Crippen LogP contribution in [0, 0.1) is 5.92 Å². The van der Waals surface area contributed by atoms with Crippen molar-refractivity contribution in [1.29, 1.82) is 0 Å². The summed E-state index contributed by atoms with van der Waals surface area (Å²) in [4.78, 5) is 15.0. The largest absolute Gasteiger partial charge is 0.345 e. The molecule has 1 aliphatic heterocycles. The summed E-state index contributed by atoms with van der Waals surface area (Å²) in [5, 5.41) is 0. The van der Waals surface area contributed by atoms with Crippen LogP contribution in [0.2, 0.25) is 0 Å². The minimum absolute atomic E-state index is 0.0269. The van der Waals surface area contributed by atoms with Crippen molar-refractivity contribution < 1.29 is 4.79 Å². The zero-order valence-electron chi connectivity index (χ0n) is 12.0. The highest BCUT2D eigenvalue weighted by atomic mass is 16.1. The highest BCUT2D eigenvalue weighted by molar-refractivity contribution is 6.00. The smallest absolute Gasteiger partial charge is 0.187 e. The molecule has 0 saturated heterocycles. The number of ketones is 1. The molecule has 3 heteroatoms. The van der Waals surface area contributed by atoms with Gasteiger partial charge in [-0.3, -0.25) is 4.79 Å². The van der Waals surface area contributed by atoms with Crippen molar-refractivity contribution in [3.8, 4) is 0 Å². The summed E-state index contributed by atoms with van der Waals surface area (Å²) in [6.45, 7) is 1.83. The van der Waals surface area contributed by atoms with Crippen molar-refractivity contribution in [3.63, 3.8) is 0 Å². The third kappa shape index (κ3) is 2.29. The number of Topliss-reactive ketones (excluding diaryl/α,β-unsaturated/α-hetero) is 1. The predicted octanol–water partition coefficient (Wildman–Crippen LogP) is 2.65. The summed E-state index contributed by atoms with van der Waals surface area (Å²) in [5.41, 5.74) is 1.98. The minimum atomic E-state index is -0.0269. The Morgan fingerprint density at radius 2 is 1.90 bits per heavy atom. The Bertz CT molecular complexity index is 600. The number of carbonyl (C=O) groups is 1. The van der Waals surface area contributed by atoms with Crippen LogP contribution in [-0.4, -0.2) is 35.9 Å². The number of hydrogen-bond acceptors (Lipinski definition) is 2. The molecule has 1 aromatic carbocycles. The molecule has 2 heterocycles. The molecule has 0 bridgehead atoms. The van der Waals surface area contributed by atoms with Gasteiger partial charge in [0.2, 0.25) is 0 Å². The number of rotatable bonds is 3. The second-order valence-corrected chi connectivity index (χ2v) is 5.82. The first-order valence-electron chi connectivity index (χ1n) is 7.06. The lowest BCUT2D eigenvalue weighted by Crippen LogP contribution is -2.38. The van der Waals surface area contributed by atoms with Crippen LogP contribution in [-0.2, 0) is 6.54 Å². The quantitative estimate of drug-likeness (QED) is 0.855. The molecule has 20 heavy (non-hydrogen) atoms. The van der Waals surface area contributed by atoms with Crippen LogP contribution in [0.3, 0.4) is 0 Å². The van der Waals surface area contributed by atoms with E-state index in [1.807, 2.05) is 36.5 Å². The molecule has 0 N–H and O–H groups in total. The zero-order valence-corrected chi connectivity index (χ0v) is 12.0. The Kier molecular flexibility index (Phi) is 3.45. The van der Waals surface area contributed by atoms with Crippen LogP contribution < -0.4 is 0 Å². The fraction of sp³-hybridized carbons (Fsp3) is 0.353. The first kappa shape index (κ1) is 13.1. The van der Waals surface area contributed by atoms with E-state index in [9.17, 15) is 4.79 Å². The molecule has 0 spiro atoms. The second-order valence-electron chi connectivity index (χ2n) is 5.82. The van der Waals surface area contributed by atoms with Crippen molar-refractivity contribution in [2.24, 2.45) is 5.92 Å². The highest BCUT2D eigenvalue weighted by Crippen LogP contribution is 2.34. The monoisotopic (exact) mass is 268 g/mol. The maximum absolute atomic E-state index is 12.8. The van der Waals surface area contributed by atoms with E-state index in [1.165, 1.54) is 0 Å². The fourth-order valence-electron chi connectivity index (χ4n) is 3.24. The van der Waals surface area contributed by atoms with Crippen LogP contribution in [0.25, 0.3) is 0 Å². The maximum atomic E-state index is 12.8. The molecule has 0 fully saturated rings. The average Bonchev–Trinajstić information content (AvgIpc) is 2.88. The maximum Gasteiger partial charge on any atom is 0.187 e. The van der Waals surface area contributed by atoms with Gasteiger partial charge in [0.15, 0.2) is 5.78 Å². The number of fused-ring (bicyclic) bond motifs is 1. The molecule has 2 aromatic rings. The van der Waals surface area contributed by atoms with E-state index in [-0.39, 0.29) is 11.7 Å². The minimum Gasteiger partial charge on any atom is -0.345 e. The third-order valence-corrected chi connectivity index (χ3v) is 4.03. The molecule has 1 aromatic heterocycles. The normalized spacial score (nSPS) is 22.1. The number of aromatic nitrogens is 1. The lowest BCUT2D eigenvalue weighted by molar-refractivity contribution is 0.0865. The number of carbonyl (C=O) groups excluding carboxylic acids is 1. The van der Waals surface area contributed by atoms with E-state index in [0.29, 0.717) is 5.92 Å². The second kappa shape index (κ2) is 5.25. The first-order valence-corrected chi connectivity index (χ1v) is 7.06. The van der Waals surface area contributed by atoms with Crippen molar-refractivity contribution in [3.05, 3.63) is 59.9 Å². The predicted molar refractivity (Wildman–Crippen MR) is 80.0 cm³/mol. The van der Waals surface area contributed by atoms with Gasteiger partial charge in [-0.2, -0.15) is 0 Å². The number of nitrogens with zero attached hydrogens (tertiary/aromatic N) is 2. The van der Waals surface area contributed by atoms with Crippen LogP contribution in [0.1, 0.15) is 22.0 Å². The first-order chi connectivity index (χ1) is 9.66. The summed E-state index contributed by atoms with van der Waals surface area (Å²) in [7, 11) is 4.13. The molecule has 0 radical (unpaired) electrons. The molecule has 1 aliphatic rings. The number of benzene rings is 1. The van der Waals surface area contributed by atoms with Crippen molar-refractivity contribution in [2.45, 2.75) is 12.5 Å². The van der Waals surface area contributed by atoms with Crippen LogP contribution in [0.15, 0.2) is 48.7 Å². The van der Waals surface area contributed by atoms with E-state index >= 15 is 0 Å². The van der Waals surface area contributed by atoms with Crippen LogP contribution >= 0.6 is 0 Å². The SMILES string of the molecule is CN(C)C[C@H]1Cn2cccc2C(=O)[C@@H]1c1ccccc1. The van der Waals surface area contributed by atoms with Gasteiger partial charge in [-0.05, 0) is 31.8 Å². The fourth-order valence-corrected chi connectivity index (χ4v) is 3.24. The van der Waals surface area contributed by atoms with Crippen molar-refractivity contribution in [2.75, 3.05) is 20.6 Å². The summed E-state index contributed by atoms with van der Waals surface area (Å²) in [5.74, 6) is 0.542. The molecule has 0 aliphatic carbocycles. The Hall–Kier alpha value is -1.87. The molecule has 3 nitrogen and oxygen atoms in total. The molecule has 104 valence electrons. The molecular weight excluding hydrogens is 248 g/mol. The van der Waals surface area contributed by atoms with Crippen molar-refractivity contribution >= 4 is 5.78 Å². The van der Waals surface area contributed by atoms with E-state index in [2.05, 4.69) is 35.7 Å². The van der Waals surface area contributed by atoms with Gasteiger partial charge in [-0.25, -0.2) is 0 Å². The molecule has 2 atom stereocenters. The Labute approximate surface area is 119 Å². The summed E-state index contributed by atoms with van der Waals surface area (Å²) in [6.07, 6.45) is 2.01. The lowest BCUT2D eigenvalue weighted by Gasteiger charge is -2.34. The van der Waals surface area contributed by atoms with Gasteiger partial charge >= 0.3 is 0 Å². The average molecular weight is 268 g/mol. The summed E-state index contributed by atoms with van der Waals surface area (Å²) >= 11 is 0. The summed E-state index contributed by atoms with van der Waals surface area (Å²) < 4.78 is 2.09.